The van der Waals surface area contributed by atoms with E-state index in [0.717, 1.165) is 36.6 Å². The largest absolute Gasteiger partial charge is 0.454 e. The zero-order valence-corrected chi connectivity index (χ0v) is 10.8. The molecule has 3 rings (SSSR count). The first kappa shape index (κ1) is 11.7. The average Bonchev–Trinajstić information content (AvgIpc) is 2.79. The predicted molar refractivity (Wildman–Crippen MR) is 69.2 cm³/mol. The van der Waals surface area contributed by atoms with Crippen LogP contribution in [0.2, 0.25) is 0 Å². The Morgan fingerprint density at radius 1 is 1.28 bits per heavy atom. The highest BCUT2D eigenvalue weighted by atomic mass is 16.7. The van der Waals surface area contributed by atoms with E-state index in [1.165, 1.54) is 0 Å². The topological polar surface area (TPSA) is 41.9 Å². The van der Waals surface area contributed by atoms with Gasteiger partial charge in [0, 0.05) is 18.3 Å². The molecule has 0 aliphatic carbocycles. The second-order valence-corrected chi connectivity index (χ2v) is 5.50. The molecule has 98 valence electrons. The van der Waals surface area contributed by atoms with Crippen LogP contribution in [-0.2, 0) is 0 Å². The number of benzene rings is 1. The maximum absolute atomic E-state index is 10.2. The van der Waals surface area contributed by atoms with Gasteiger partial charge in [-0.3, -0.25) is 0 Å². The zero-order chi connectivity index (χ0) is 12.8. The van der Waals surface area contributed by atoms with E-state index in [4.69, 9.17) is 9.47 Å². The number of piperidine rings is 1. The Hall–Kier alpha value is -1.42. The molecule has 0 bridgehead atoms. The summed E-state index contributed by atoms with van der Waals surface area (Å²) in [4.78, 5) is 2.25. The van der Waals surface area contributed by atoms with Gasteiger partial charge in [0.25, 0.3) is 0 Å². The van der Waals surface area contributed by atoms with Gasteiger partial charge in [-0.15, -0.1) is 0 Å². The fourth-order valence-corrected chi connectivity index (χ4v) is 2.78. The molecule has 1 aromatic carbocycles. The van der Waals surface area contributed by atoms with Gasteiger partial charge in [0.1, 0.15) is 0 Å². The van der Waals surface area contributed by atoms with E-state index >= 15 is 0 Å². The molecule has 1 fully saturated rings. The molecule has 1 N–H and O–H groups in total. The van der Waals surface area contributed by atoms with Crippen LogP contribution in [0.4, 0.5) is 5.69 Å². The lowest BCUT2D eigenvalue weighted by Gasteiger charge is -2.47. The van der Waals surface area contributed by atoms with Crippen molar-refractivity contribution in [2.45, 2.75) is 38.3 Å². The van der Waals surface area contributed by atoms with Gasteiger partial charge >= 0.3 is 0 Å². The molecular formula is C14H19NO3. The van der Waals surface area contributed by atoms with Crippen LogP contribution in [0.25, 0.3) is 0 Å². The molecule has 0 aromatic heterocycles. The third-order valence-electron chi connectivity index (χ3n) is 4.04. The lowest BCUT2D eigenvalue weighted by atomic mass is 9.87. The lowest BCUT2D eigenvalue weighted by Crippen LogP contribution is -2.56. The minimum atomic E-state index is -0.295. The highest BCUT2D eigenvalue weighted by Crippen LogP contribution is 2.39. The van der Waals surface area contributed by atoms with Gasteiger partial charge in [-0.25, -0.2) is 0 Å². The van der Waals surface area contributed by atoms with Crippen molar-refractivity contribution in [3.63, 3.8) is 0 Å². The Morgan fingerprint density at radius 3 is 2.89 bits per heavy atom. The number of fused-ring (bicyclic) bond motifs is 1. The Bertz CT molecular complexity index is 458. The van der Waals surface area contributed by atoms with Crippen molar-refractivity contribution in [2.75, 3.05) is 18.2 Å². The standard InChI is InChI=1S/C14H19NO3/c1-14(2)13(16)4-3-7-15(14)10-5-6-11-12(8-10)18-9-17-11/h5-6,8,13,16H,3-4,7,9H2,1-2H3. The first-order valence-corrected chi connectivity index (χ1v) is 6.44. The van der Waals surface area contributed by atoms with E-state index in [2.05, 4.69) is 18.7 Å². The van der Waals surface area contributed by atoms with E-state index in [-0.39, 0.29) is 11.6 Å². The monoisotopic (exact) mass is 249 g/mol. The summed E-state index contributed by atoms with van der Waals surface area (Å²) in [5.74, 6) is 1.59. The zero-order valence-electron chi connectivity index (χ0n) is 10.8. The van der Waals surface area contributed by atoms with Crippen molar-refractivity contribution < 1.29 is 14.6 Å². The molecule has 1 saturated heterocycles. The van der Waals surface area contributed by atoms with Crippen molar-refractivity contribution in [1.82, 2.24) is 0 Å². The van der Waals surface area contributed by atoms with Crippen LogP contribution in [0, 0.1) is 0 Å². The highest BCUT2D eigenvalue weighted by Gasteiger charge is 2.37. The Kier molecular flexibility index (Phi) is 2.63. The molecule has 0 spiro atoms. The second kappa shape index (κ2) is 4.05. The van der Waals surface area contributed by atoms with Crippen LogP contribution in [0.15, 0.2) is 18.2 Å². The summed E-state index contributed by atoms with van der Waals surface area (Å²) in [6, 6.07) is 5.98. The number of hydrogen-bond acceptors (Lipinski definition) is 4. The number of rotatable bonds is 1. The molecule has 0 amide bonds. The summed E-state index contributed by atoms with van der Waals surface area (Å²) in [6.45, 7) is 5.43. The average molecular weight is 249 g/mol. The molecule has 0 radical (unpaired) electrons. The lowest BCUT2D eigenvalue weighted by molar-refractivity contribution is 0.0711. The number of hydrogen-bond donors (Lipinski definition) is 1. The van der Waals surface area contributed by atoms with Crippen molar-refractivity contribution >= 4 is 5.69 Å². The molecule has 1 unspecified atom stereocenters. The van der Waals surface area contributed by atoms with Gasteiger partial charge in [0.05, 0.1) is 11.6 Å². The molecule has 1 atom stereocenters. The number of aliphatic hydroxyl groups is 1. The van der Waals surface area contributed by atoms with Crippen molar-refractivity contribution in [2.24, 2.45) is 0 Å². The first-order valence-electron chi connectivity index (χ1n) is 6.44. The fraction of sp³-hybridized carbons (Fsp3) is 0.571. The van der Waals surface area contributed by atoms with Crippen molar-refractivity contribution in [3.8, 4) is 11.5 Å². The first-order chi connectivity index (χ1) is 8.59. The maximum Gasteiger partial charge on any atom is 0.231 e. The van der Waals surface area contributed by atoms with Gasteiger partial charge in [-0.05, 0) is 38.8 Å². The van der Waals surface area contributed by atoms with E-state index in [0.29, 0.717) is 6.79 Å². The van der Waals surface area contributed by atoms with Crippen LogP contribution in [0.1, 0.15) is 26.7 Å². The van der Waals surface area contributed by atoms with E-state index < -0.39 is 0 Å². The minimum Gasteiger partial charge on any atom is -0.454 e. The van der Waals surface area contributed by atoms with Crippen LogP contribution >= 0.6 is 0 Å². The Morgan fingerprint density at radius 2 is 2.06 bits per heavy atom. The van der Waals surface area contributed by atoms with E-state index in [1.54, 1.807) is 0 Å². The molecule has 18 heavy (non-hydrogen) atoms. The number of aliphatic hydroxyl groups excluding tert-OH is 1. The Balaban J connectivity index is 1.94. The summed E-state index contributed by atoms with van der Waals surface area (Å²) in [5, 5.41) is 10.2. The number of anilines is 1. The molecule has 0 saturated carbocycles. The fourth-order valence-electron chi connectivity index (χ4n) is 2.78. The molecular weight excluding hydrogens is 230 g/mol. The third-order valence-corrected chi connectivity index (χ3v) is 4.04. The van der Waals surface area contributed by atoms with Crippen LogP contribution in [-0.4, -0.2) is 30.1 Å². The summed E-state index contributed by atoms with van der Waals surface area (Å²) in [7, 11) is 0. The number of nitrogens with zero attached hydrogens (tertiary/aromatic N) is 1. The minimum absolute atomic E-state index is 0.244. The van der Waals surface area contributed by atoms with Crippen LogP contribution < -0.4 is 14.4 Å². The molecule has 2 aliphatic heterocycles. The highest BCUT2D eigenvalue weighted by molar-refractivity contribution is 5.58. The smallest absolute Gasteiger partial charge is 0.231 e. The quantitative estimate of drug-likeness (QED) is 0.828. The van der Waals surface area contributed by atoms with Crippen molar-refractivity contribution in [3.05, 3.63) is 18.2 Å². The molecule has 4 heteroatoms. The third kappa shape index (κ3) is 1.72. The summed E-state index contributed by atoms with van der Waals surface area (Å²) >= 11 is 0. The SMILES string of the molecule is CC1(C)C(O)CCCN1c1ccc2c(c1)OCO2. The second-order valence-electron chi connectivity index (χ2n) is 5.50. The normalized spacial score (nSPS) is 25.3. The van der Waals surface area contributed by atoms with Gasteiger partial charge < -0.3 is 19.5 Å². The maximum atomic E-state index is 10.2. The van der Waals surface area contributed by atoms with E-state index in [1.807, 2.05) is 18.2 Å². The summed E-state index contributed by atoms with van der Waals surface area (Å²) < 4.78 is 10.7. The molecule has 2 heterocycles. The van der Waals surface area contributed by atoms with Crippen LogP contribution in [0.5, 0.6) is 11.5 Å². The molecule has 1 aromatic rings. The molecule has 2 aliphatic rings. The predicted octanol–water partition coefficient (Wildman–Crippen LogP) is 2.15. The van der Waals surface area contributed by atoms with Gasteiger partial charge in [-0.2, -0.15) is 0 Å². The van der Waals surface area contributed by atoms with E-state index in [9.17, 15) is 5.11 Å². The number of ether oxygens (including phenoxy) is 2. The van der Waals surface area contributed by atoms with Crippen molar-refractivity contribution in [1.29, 1.82) is 0 Å². The Labute approximate surface area is 107 Å². The van der Waals surface area contributed by atoms with Gasteiger partial charge in [-0.1, -0.05) is 0 Å². The molecule has 4 nitrogen and oxygen atoms in total. The summed E-state index contributed by atoms with van der Waals surface area (Å²) in [6.07, 6.45) is 1.59. The summed E-state index contributed by atoms with van der Waals surface area (Å²) in [5.41, 5.74) is 0.842. The van der Waals surface area contributed by atoms with Crippen LogP contribution in [0.3, 0.4) is 0 Å². The van der Waals surface area contributed by atoms with Gasteiger partial charge in [0.15, 0.2) is 11.5 Å². The van der Waals surface area contributed by atoms with Gasteiger partial charge in [0.2, 0.25) is 6.79 Å².